The predicted octanol–water partition coefficient (Wildman–Crippen LogP) is 4.49. The number of fused-ring (bicyclic) bond motifs is 4. The quantitative estimate of drug-likeness (QED) is 0.305. The summed E-state index contributed by atoms with van der Waals surface area (Å²) in [5.41, 5.74) is 2.56. The molecule has 5 nitrogen and oxygen atoms in total. The van der Waals surface area contributed by atoms with Gasteiger partial charge in [-0.05, 0) is 32.9 Å². The highest BCUT2D eigenvalue weighted by molar-refractivity contribution is 6.08. The first kappa shape index (κ1) is 17.2. The Kier molecular flexibility index (Phi) is 4.15. The zero-order valence-corrected chi connectivity index (χ0v) is 15.6. The van der Waals surface area contributed by atoms with Crippen LogP contribution in [0.2, 0.25) is 0 Å². The first-order valence-corrected chi connectivity index (χ1v) is 9.10. The SMILES string of the molecule is CCN(CC)c1ccc2nc3c4ccccc4c(=O)c(C(C)=O)c-3oc2c1. The molecule has 1 aliphatic heterocycles. The van der Waals surface area contributed by atoms with E-state index in [4.69, 9.17) is 9.40 Å². The van der Waals surface area contributed by atoms with E-state index in [-0.39, 0.29) is 22.5 Å². The highest BCUT2D eigenvalue weighted by Gasteiger charge is 2.24. The Labute approximate surface area is 156 Å². The molecular weight excluding hydrogens is 340 g/mol. The minimum Gasteiger partial charge on any atom is -0.452 e. The third-order valence-electron chi connectivity index (χ3n) is 4.96. The summed E-state index contributed by atoms with van der Waals surface area (Å²) in [6, 6.07) is 13.0. The predicted molar refractivity (Wildman–Crippen MR) is 108 cm³/mol. The fraction of sp³-hybridized carbons (Fsp3) is 0.227. The Hall–Kier alpha value is -3.21. The lowest BCUT2D eigenvalue weighted by Gasteiger charge is -2.21. The summed E-state index contributed by atoms with van der Waals surface area (Å²) in [6.45, 7) is 7.31. The summed E-state index contributed by atoms with van der Waals surface area (Å²) in [5.74, 6) is -0.0593. The maximum absolute atomic E-state index is 12.9. The number of aromatic nitrogens is 1. The molecule has 0 saturated carbocycles. The molecule has 27 heavy (non-hydrogen) atoms. The van der Waals surface area contributed by atoms with E-state index >= 15 is 0 Å². The molecule has 5 heteroatoms. The first-order chi connectivity index (χ1) is 13.0. The van der Waals surface area contributed by atoms with Crippen LogP contribution in [0.5, 0.6) is 0 Å². The summed E-state index contributed by atoms with van der Waals surface area (Å²) >= 11 is 0. The Morgan fingerprint density at radius 1 is 1.07 bits per heavy atom. The lowest BCUT2D eigenvalue weighted by Crippen LogP contribution is -2.21. The maximum Gasteiger partial charge on any atom is 0.201 e. The van der Waals surface area contributed by atoms with Gasteiger partial charge in [-0.2, -0.15) is 0 Å². The van der Waals surface area contributed by atoms with Gasteiger partial charge in [0.2, 0.25) is 5.43 Å². The molecule has 0 N–H and O–H groups in total. The van der Waals surface area contributed by atoms with Crippen LogP contribution in [0.15, 0.2) is 51.7 Å². The van der Waals surface area contributed by atoms with Crippen molar-refractivity contribution in [3.63, 3.8) is 0 Å². The lowest BCUT2D eigenvalue weighted by atomic mass is 9.97. The topological polar surface area (TPSA) is 63.4 Å². The van der Waals surface area contributed by atoms with E-state index < -0.39 is 0 Å². The molecule has 0 aromatic heterocycles. The van der Waals surface area contributed by atoms with Crippen LogP contribution in [0.1, 0.15) is 31.1 Å². The number of benzene rings is 3. The van der Waals surface area contributed by atoms with Crippen molar-refractivity contribution < 1.29 is 9.21 Å². The normalized spacial score (nSPS) is 11.4. The summed E-state index contributed by atoms with van der Waals surface area (Å²) < 4.78 is 6.10. The van der Waals surface area contributed by atoms with Gasteiger partial charge in [-0.1, -0.05) is 24.3 Å². The molecule has 0 atom stereocenters. The van der Waals surface area contributed by atoms with Crippen LogP contribution in [-0.2, 0) is 0 Å². The van der Waals surface area contributed by atoms with Crippen molar-refractivity contribution in [3.05, 3.63) is 58.3 Å². The standard InChI is InChI=1S/C22H20N2O3/c1-4-24(5-2)14-10-11-17-18(12-14)27-22-19(13(3)25)21(26)16-9-7-6-8-15(16)20(22)23-17/h6-12H,4-5H2,1-3H3. The van der Waals surface area contributed by atoms with Crippen molar-refractivity contribution in [2.75, 3.05) is 18.0 Å². The zero-order chi connectivity index (χ0) is 19.1. The summed E-state index contributed by atoms with van der Waals surface area (Å²) in [7, 11) is 0. The van der Waals surface area contributed by atoms with E-state index in [1.165, 1.54) is 6.92 Å². The molecule has 4 rings (SSSR count). The molecule has 0 amide bonds. The zero-order valence-electron chi connectivity index (χ0n) is 15.6. The Balaban J connectivity index is 2.13. The third-order valence-corrected chi connectivity index (χ3v) is 4.96. The van der Waals surface area contributed by atoms with Gasteiger partial charge in [0.15, 0.2) is 17.1 Å². The Bertz CT molecular complexity index is 1210. The van der Waals surface area contributed by atoms with Crippen molar-refractivity contribution >= 4 is 33.3 Å². The van der Waals surface area contributed by atoms with E-state index in [1.54, 1.807) is 12.1 Å². The summed E-state index contributed by atoms with van der Waals surface area (Å²) in [6.07, 6.45) is 0. The van der Waals surface area contributed by atoms with Crippen LogP contribution in [-0.4, -0.2) is 23.9 Å². The van der Waals surface area contributed by atoms with E-state index in [9.17, 15) is 9.59 Å². The van der Waals surface area contributed by atoms with Crippen LogP contribution < -0.4 is 10.3 Å². The van der Waals surface area contributed by atoms with E-state index in [2.05, 4.69) is 18.7 Å². The lowest BCUT2D eigenvalue weighted by molar-refractivity contribution is 0.101. The third kappa shape index (κ3) is 2.67. The average molecular weight is 360 g/mol. The average Bonchev–Trinajstić information content (AvgIpc) is 2.68. The van der Waals surface area contributed by atoms with Crippen molar-refractivity contribution in [2.45, 2.75) is 20.8 Å². The highest BCUT2D eigenvalue weighted by Crippen LogP contribution is 2.34. The van der Waals surface area contributed by atoms with Crippen LogP contribution in [0.25, 0.3) is 33.3 Å². The summed E-state index contributed by atoms with van der Waals surface area (Å²) in [5, 5.41) is 1.18. The number of rotatable bonds is 4. The Morgan fingerprint density at radius 3 is 2.44 bits per heavy atom. The van der Waals surface area contributed by atoms with E-state index in [1.807, 2.05) is 30.3 Å². The minimum atomic E-state index is -0.319. The van der Waals surface area contributed by atoms with Crippen molar-refractivity contribution in [2.24, 2.45) is 0 Å². The number of hydrogen-bond donors (Lipinski definition) is 0. The molecule has 1 heterocycles. The molecule has 2 aromatic rings. The van der Waals surface area contributed by atoms with Crippen molar-refractivity contribution in [1.82, 2.24) is 4.98 Å². The van der Waals surface area contributed by atoms with Gasteiger partial charge in [0.25, 0.3) is 0 Å². The molecule has 0 unspecified atom stereocenters. The van der Waals surface area contributed by atoms with E-state index in [0.717, 1.165) is 18.8 Å². The van der Waals surface area contributed by atoms with Crippen LogP contribution in [0.4, 0.5) is 5.69 Å². The van der Waals surface area contributed by atoms with Gasteiger partial charge >= 0.3 is 0 Å². The second-order valence-electron chi connectivity index (χ2n) is 6.52. The molecule has 0 bridgehead atoms. The van der Waals surface area contributed by atoms with Gasteiger partial charge in [0.1, 0.15) is 16.8 Å². The fourth-order valence-electron chi connectivity index (χ4n) is 3.59. The number of Topliss-reactive ketones (excluding diaryl/α,β-unsaturated/α-hetero) is 1. The largest absolute Gasteiger partial charge is 0.452 e. The van der Waals surface area contributed by atoms with Gasteiger partial charge < -0.3 is 9.32 Å². The monoisotopic (exact) mass is 360 g/mol. The molecule has 0 spiro atoms. The fourth-order valence-corrected chi connectivity index (χ4v) is 3.59. The molecule has 0 saturated heterocycles. The molecule has 1 aliphatic carbocycles. The minimum absolute atomic E-state index is 0.0614. The van der Waals surface area contributed by atoms with Crippen molar-refractivity contribution in [3.8, 4) is 11.5 Å². The van der Waals surface area contributed by atoms with Crippen LogP contribution >= 0.6 is 0 Å². The second-order valence-corrected chi connectivity index (χ2v) is 6.52. The van der Waals surface area contributed by atoms with Crippen molar-refractivity contribution in [1.29, 1.82) is 0 Å². The highest BCUT2D eigenvalue weighted by atomic mass is 16.3. The number of nitrogens with zero attached hydrogens (tertiary/aromatic N) is 2. The molecular formula is C22H20N2O3. The molecule has 0 fully saturated rings. The maximum atomic E-state index is 12.9. The van der Waals surface area contributed by atoms with Crippen LogP contribution in [0.3, 0.4) is 0 Å². The van der Waals surface area contributed by atoms with E-state index in [0.29, 0.717) is 27.6 Å². The first-order valence-electron chi connectivity index (χ1n) is 9.10. The second kappa shape index (κ2) is 6.50. The van der Waals surface area contributed by atoms with Gasteiger partial charge in [-0.25, -0.2) is 4.98 Å². The number of hydrogen-bond acceptors (Lipinski definition) is 5. The van der Waals surface area contributed by atoms with Gasteiger partial charge in [-0.15, -0.1) is 0 Å². The summed E-state index contributed by atoms with van der Waals surface area (Å²) in [4.78, 5) is 32.0. The number of carbonyl (C=O) groups is 1. The van der Waals surface area contributed by atoms with Gasteiger partial charge in [0, 0.05) is 35.6 Å². The number of ketones is 1. The van der Waals surface area contributed by atoms with Crippen LogP contribution in [0, 0.1) is 0 Å². The molecule has 136 valence electrons. The molecule has 2 aliphatic rings. The number of carbonyl (C=O) groups excluding carboxylic acids is 1. The smallest absolute Gasteiger partial charge is 0.201 e. The Morgan fingerprint density at radius 2 is 1.78 bits per heavy atom. The molecule has 2 aromatic carbocycles. The number of anilines is 1. The van der Waals surface area contributed by atoms with Gasteiger partial charge in [-0.3, -0.25) is 9.59 Å². The molecule has 0 radical (unpaired) electrons. The van der Waals surface area contributed by atoms with Gasteiger partial charge in [0.05, 0.1) is 0 Å².